The zero-order valence-corrected chi connectivity index (χ0v) is 26.0. The Hall–Kier alpha value is -2.57. The lowest BCUT2D eigenvalue weighted by molar-refractivity contribution is 0.555. The van der Waals surface area contributed by atoms with Gasteiger partial charge in [0.25, 0.3) is 0 Å². The first kappa shape index (κ1) is 30.4. The van der Waals surface area contributed by atoms with E-state index in [9.17, 15) is 25.3 Å². The van der Waals surface area contributed by atoms with Crippen molar-refractivity contribution in [1.29, 1.82) is 0 Å². The van der Waals surface area contributed by atoms with Gasteiger partial charge in [-0.05, 0) is 46.4 Å². The van der Waals surface area contributed by atoms with Gasteiger partial charge < -0.3 is 0 Å². The van der Waals surface area contributed by atoms with Crippen LogP contribution in [0.3, 0.4) is 0 Å². The van der Waals surface area contributed by atoms with Gasteiger partial charge in [0.05, 0.1) is 9.79 Å². The summed E-state index contributed by atoms with van der Waals surface area (Å²) in [6, 6.07) is 29.3. The molecule has 0 aliphatic carbocycles. The van der Waals surface area contributed by atoms with E-state index in [4.69, 9.17) is 0 Å². The molecule has 0 spiro atoms. The highest BCUT2D eigenvalue weighted by molar-refractivity contribution is 9.04. The monoisotopic (exact) mass is 632 g/mol. The molecule has 40 heavy (non-hydrogen) atoms. The van der Waals surface area contributed by atoms with Crippen molar-refractivity contribution in [2.45, 2.75) is 46.1 Å². The normalized spacial score (nSPS) is 12.9. The molecule has 4 rings (SSSR count). The molecule has 0 amide bonds. The van der Waals surface area contributed by atoms with E-state index in [1.54, 1.807) is 93.6 Å². The highest BCUT2D eigenvalue weighted by atomic mass is 33.5. The van der Waals surface area contributed by atoms with Crippen LogP contribution in [-0.2, 0) is 32.0 Å². The quantitative estimate of drug-likeness (QED) is 0.182. The Labute approximate surface area is 243 Å². The molecule has 0 aliphatic heterocycles. The first-order valence-corrected chi connectivity index (χ1v) is 19.8. The summed E-state index contributed by atoms with van der Waals surface area (Å²) in [6.07, 6.45) is 0. The maximum absolute atomic E-state index is 14.1. The van der Waals surface area contributed by atoms with E-state index >= 15 is 0 Å². The van der Waals surface area contributed by atoms with Crippen LogP contribution in [-0.4, -0.2) is 25.3 Å². The summed E-state index contributed by atoms with van der Waals surface area (Å²) in [6.45, 7) is 5.29. The number of rotatable bonds is 9. The first-order valence-electron chi connectivity index (χ1n) is 12.2. The minimum Gasteiger partial charge on any atom is -0.216 e. The van der Waals surface area contributed by atoms with Crippen LogP contribution in [0.25, 0.3) is 0 Å². The molecule has 210 valence electrons. The van der Waals surface area contributed by atoms with Gasteiger partial charge in [-0.3, -0.25) is 0 Å². The molecule has 0 N–H and O–H groups in total. The second kappa shape index (κ2) is 11.7. The van der Waals surface area contributed by atoms with Crippen molar-refractivity contribution >= 4 is 47.2 Å². The van der Waals surface area contributed by atoms with Gasteiger partial charge in [0.2, 0.25) is 26.6 Å². The van der Waals surface area contributed by atoms with E-state index in [0.29, 0.717) is 21.9 Å². The molecule has 0 unspecified atom stereocenters. The number of hydrogen-bond acceptors (Lipinski definition) is 8. The van der Waals surface area contributed by atoms with Gasteiger partial charge in [-0.25, -0.2) is 25.3 Å². The second-order valence-corrected chi connectivity index (χ2v) is 21.0. The van der Waals surface area contributed by atoms with Crippen molar-refractivity contribution in [3.63, 3.8) is 0 Å². The maximum Gasteiger partial charge on any atom is 0.245 e. The Morgan fingerprint density at radius 2 is 1.05 bits per heavy atom. The van der Waals surface area contributed by atoms with Gasteiger partial charge in [-0.2, -0.15) is 0 Å². The summed E-state index contributed by atoms with van der Waals surface area (Å²) in [5, 5.41) is -1.01. The van der Waals surface area contributed by atoms with Crippen LogP contribution >= 0.6 is 20.6 Å². The van der Waals surface area contributed by atoms with E-state index in [2.05, 4.69) is 0 Å². The highest BCUT2D eigenvalue weighted by Crippen LogP contribution is 2.46. The number of benzene rings is 4. The molecule has 0 atom stereocenters. The standard InChI is InChI=1S/C29H28O6S5/c1-29(2,3)27-25(20-13-21-26(27)39(32,33)37-38(30,31)24-18-11-6-12-19-24)36-40(34,35)28(22-14-7-4-8-15-22)23-16-9-5-10-17-23/h4-21,28H,1-3H3. The summed E-state index contributed by atoms with van der Waals surface area (Å²) in [4.78, 5) is -0.147. The van der Waals surface area contributed by atoms with Crippen LogP contribution < -0.4 is 0 Å². The fourth-order valence-corrected chi connectivity index (χ4v) is 15.6. The van der Waals surface area contributed by atoms with E-state index < -0.39 is 37.3 Å². The van der Waals surface area contributed by atoms with E-state index in [1.165, 1.54) is 36.4 Å². The predicted molar refractivity (Wildman–Crippen MR) is 163 cm³/mol. The van der Waals surface area contributed by atoms with Crippen molar-refractivity contribution < 1.29 is 25.3 Å². The zero-order valence-electron chi connectivity index (χ0n) is 22.0. The molecule has 0 radical (unpaired) electrons. The summed E-state index contributed by atoms with van der Waals surface area (Å²) in [5.41, 5.74) is 0.547. The maximum atomic E-state index is 14.1. The molecule has 0 fully saturated rings. The summed E-state index contributed by atoms with van der Waals surface area (Å²) < 4.78 is 81.3. The zero-order chi connectivity index (χ0) is 29.2. The van der Waals surface area contributed by atoms with Gasteiger partial charge in [-0.1, -0.05) is 106 Å². The van der Waals surface area contributed by atoms with Crippen molar-refractivity contribution in [3.8, 4) is 0 Å². The third kappa shape index (κ3) is 6.83. The molecule has 0 heterocycles. The van der Waals surface area contributed by atoms with Crippen LogP contribution in [0.2, 0.25) is 0 Å². The van der Waals surface area contributed by atoms with Crippen molar-refractivity contribution in [1.82, 2.24) is 0 Å². The lowest BCUT2D eigenvalue weighted by Gasteiger charge is -2.26. The first-order chi connectivity index (χ1) is 18.7. The topological polar surface area (TPSA) is 102 Å². The predicted octanol–water partition coefficient (Wildman–Crippen LogP) is 7.01. The minimum atomic E-state index is -4.46. The molecule has 4 aromatic rings. The third-order valence-electron chi connectivity index (χ3n) is 5.92. The van der Waals surface area contributed by atoms with Crippen molar-refractivity contribution in [2.24, 2.45) is 0 Å². The Kier molecular flexibility index (Phi) is 8.91. The smallest absolute Gasteiger partial charge is 0.216 e. The SMILES string of the molecule is CC(C)(C)c1c(SS(=O)(=O)C(c2ccccc2)c2ccccc2)cccc1S(=O)(=O)SS(=O)(=O)c1ccccc1. The van der Waals surface area contributed by atoms with Crippen LogP contribution in [0, 0.1) is 0 Å². The van der Waals surface area contributed by atoms with Gasteiger partial charge in [0.15, 0.2) is 0 Å². The molecule has 0 bridgehead atoms. The molecular weight excluding hydrogens is 605 g/mol. The Morgan fingerprint density at radius 1 is 0.575 bits per heavy atom. The van der Waals surface area contributed by atoms with E-state index in [-0.39, 0.29) is 30.1 Å². The molecule has 0 saturated carbocycles. The Balaban J connectivity index is 1.83. The average Bonchev–Trinajstić information content (AvgIpc) is 2.89. The highest BCUT2D eigenvalue weighted by Gasteiger charge is 2.37. The van der Waals surface area contributed by atoms with Gasteiger partial charge in [-0.15, -0.1) is 0 Å². The summed E-state index contributed by atoms with van der Waals surface area (Å²) >= 11 is 0. The van der Waals surface area contributed by atoms with Gasteiger partial charge in [0, 0.05) is 15.7 Å². The molecule has 0 aliphatic rings. The second-order valence-electron chi connectivity index (χ2n) is 9.95. The largest absolute Gasteiger partial charge is 0.245 e. The van der Waals surface area contributed by atoms with Crippen molar-refractivity contribution in [2.75, 3.05) is 0 Å². The van der Waals surface area contributed by atoms with Gasteiger partial charge in [0.1, 0.15) is 15.1 Å². The van der Waals surface area contributed by atoms with Crippen LogP contribution in [0.4, 0.5) is 0 Å². The van der Waals surface area contributed by atoms with Crippen LogP contribution in [0.5, 0.6) is 0 Å². The lowest BCUT2D eigenvalue weighted by Crippen LogP contribution is -2.19. The molecule has 6 nitrogen and oxygen atoms in total. The van der Waals surface area contributed by atoms with Gasteiger partial charge >= 0.3 is 0 Å². The molecule has 0 saturated heterocycles. The molecule has 11 heteroatoms. The lowest BCUT2D eigenvalue weighted by atomic mass is 9.87. The fourth-order valence-electron chi connectivity index (χ4n) is 4.26. The third-order valence-corrected chi connectivity index (χ3v) is 17.1. The summed E-state index contributed by atoms with van der Waals surface area (Å²) in [5.74, 6) is 0. The average molecular weight is 633 g/mol. The molecule has 0 aromatic heterocycles. The fraction of sp³-hybridized carbons (Fsp3) is 0.172. The summed E-state index contributed by atoms with van der Waals surface area (Å²) in [7, 11) is -12.3. The minimum absolute atomic E-state index is 0.137. The molecule has 4 aromatic carbocycles. The van der Waals surface area contributed by atoms with Crippen molar-refractivity contribution in [3.05, 3.63) is 126 Å². The van der Waals surface area contributed by atoms with Crippen LogP contribution in [0.15, 0.2) is 124 Å². The number of hydrogen-bond donors (Lipinski definition) is 0. The van der Waals surface area contributed by atoms with E-state index in [0.717, 1.165) is 0 Å². The van der Waals surface area contributed by atoms with E-state index in [1.807, 2.05) is 0 Å². The Morgan fingerprint density at radius 3 is 1.52 bits per heavy atom. The molecular formula is C29H28O6S5. The van der Waals surface area contributed by atoms with Crippen LogP contribution in [0.1, 0.15) is 42.7 Å². The Bertz CT molecular complexity index is 1760.